The van der Waals surface area contributed by atoms with Crippen LogP contribution in [0.2, 0.25) is 0 Å². The maximum atomic E-state index is 12.8. The fourth-order valence-corrected chi connectivity index (χ4v) is 2.94. The molecule has 0 bridgehead atoms. The average Bonchev–Trinajstić information content (AvgIpc) is 2.52. The molecule has 1 aliphatic rings. The first-order chi connectivity index (χ1) is 10.5. The zero-order valence-corrected chi connectivity index (χ0v) is 13.2. The van der Waals surface area contributed by atoms with Gasteiger partial charge in [-0.2, -0.15) is 10.2 Å². The number of carbonyl (C=O) groups is 2. The molecular formula is C16H23N3O3. The SMILES string of the molecule is CCc1nnc(C)cc1C(=O)N1CCCC(CCC(=O)O)C1. The molecule has 1 unspecified atom stereocenters. The van der Waals surface area contributed by atoms with Crippen LogP contribution in [0.1, 0.15) is 54.4 Å². The van der Waals surface area contributed by atoms with Gasteiger partial charge < -0.3 is 10.0 Å². The number of carboxylic acids is 1. The van der Waals surface area contributed by atoms with E-state index in [1.807, 2.05) is 18.7 Å². The third kappa shape index (κ3) is 4.02. The summed E-state index contributed by atoms with van der Waals surface area (Å²) in [7, 11) is 0. The maximum Gasteiger partial charge on any atom is 0.303 e. The highest BCUT2D eigenvalue weighted by atomic mass is 16.4. The van der Waals surface area contributed by atoms with Gasteiger partial charge in [0.2, 0.25) is 0 Å². The molecule has 0 saturated carbocycles. The van der Waals surface area contributed by atoms with Crippen LogP contribution in [0, 0.1) is 12.8 Å². The molecule has 1 amide bonds. The second-order valence-corrected chi connectivity index (χ2v) is 5.89. The molecule has 1 aromatic rings. The van der Waals surface area contributed by atoms with E-state index in [1.54, 1.807) is 6.07 Å². The zero-order valence-electron chi connectivity index (χ0n) is 13.2. The van der Waals surface area contributed by atoms with E-state index in [0.29, 0.717) is 24.9 Å². The smallest absolute Gasteiger partial charge is 0.303 e. The Labute approximate surface area is 130 Å². The average molecular weight is 305 g/mol. The van der Waals surface area contributed by atoms with E-state index in [0.717, 1.165) is 30.8 Å². The molecule has 1 fully saturated rings. The summed E-state index contributed by atoms with van der Waals surface area (Å²) in [6.07, 6.45) is 3.39. The maximum absolute atomic E-state index is 12.8. The second kappa shape index (κ2) is 7.33. The van der Waals surface area contributed by atoms with Gasteiger partial charge in [-0.05, 0) is 44.6 Å². The van der Waals surface area contributed by atoms with E-state index >= 15 is 0 Å². The van der Waals surface area contributed by atoms with Gasteiger partial charge in [-0.1, -0.05) is 6.92 Å². The molecule has 120 valence electrons. The van der Waals surface area contributed by atoms with E-state index in [1.165, 1.54) is 0 Å². The van der Waals surface area contributed by atoms with Crippen LogP contribution in [0.3, 0.4) is 0 Å². The van der Waals surface area contributed by atoms with Gasteiger partial charge in [0.25, 0.3) is 5.91 Å². The molecule has 2 rings (SSSR count). The van der Waals surface area contributed by atoms with Crippen molar-refractivity contribution >= 4 is 11.9 Å². The lowest BCUT2D eigenvalue weighted by molar-refractivity contribution is -0.137. The number of amides is 1. The molecule has 1 atom stereocenters. The molecule has 1 aromatic heterocycles. The van der Waals surface area contributed by atoms with Crippen molar-refractivity contribution in [3.8, 4) is 0 Å². The number of nitrogens with zero attached hydrogens (tertiary/aromatic N) is 3. The Morgan fingerprint density at radius 3 is 2.86 bits per heavy atom. The Bertz CT molecular complexity index is 560. The largest absolute Gasteiger partial charge is 0.481 e. The molecule has 22 heavy (non-hydrogen) atoms. The summed E-state index contributed by atoms with van der Waals surface area (Å²) in [5.74, 6) is -0.504. The van der Waals surface area contributed by atoms with Crippen LogP contribution in [0.15, 0.2) is 6.07 Å². The lowest BCUT2D eigenvalue weighted by Crippen LogP contribution is -2.40. The number of hydrogen-bond acceptors (Lipinski definition) is 4. The fraction of sp³-hybridized carbons (Fsp3) is 0.625. The quantitative estimate of drug-likeness (QED) is 0.900. The van der Waals surface area contributed by atoms with Gasteiger partial charge in [-0.25, -0.2) is 0 Å². The minimum atomic E-state index is -0.773. The highest BCUT2D eigenvalue weighted by Crippen LogP contribution is 2.23. The minimum Gasteiger partial charge on any atom is -0.481 e. The Morgan fingerprint density at radius 2 is 2.18 bits per heavy atom. The van der Waals surface area contributed by atoms with Crippen molar-refractivity contribution in [2.75, 3.05) is 13.1 Å². The summed E-state index contributed by atoms with van der Waals surface area (Å²) in [4.78, 5) is 25.3. The summed E-state index contributed by atoms with van der Waals surface area (Å²) in [6.45, 7) is 5.15. The zero-order chi connectivity index (χ0) is 16.1. The first-order valence-corrected chi connectivity index (χ1v) is 7.85. The van der Waals surface area contributed by atoms with Gasteiger partial charge in [0, 0.05) is 19.5 Å². The van der Waals surface area contributed by atoms with E-state index < -0.39 is 5.97 Å². The van der Waals surface area contributed by atoms with Gasteiger partial charge in [0.15, 0.2) is 0 Å². The third-order valence-electron chi connectivity index (χ3n) is 4.13. The summed E-state index contributed by atoms with van der Waals surface area (Å²) in [5.41, 5.74) is 2.09. The third-order valence-corrected chi connectivity index (χ3v) is 4.13. The number of aliphatic carboxylic acids is 1. The molecule has 1 aliphatic heterocycles. The van der Waals surface area contributed by atoms with E-state index in [9.17, 15) is 9.59 Å². The van der Waals surface area contributed by atoms with Crippen LogP contribution in [-0.2, 0) is 11.2 Å². The highest BCUT2D eigenvalue weighted by molar-refractivity contribution is 5.95. The van der Waals surface area contributed by atoms with Crippen LogP contribution >= 0.6 is 0 Å². The number of piperidine rings is 1. The number of aryl methyl sites for hydroxylation is 2. The summed E-state index contributed by atoms with van der Waals surface area (Å²) < 4.78 is 0. The van der Waals surface area contributed by atoms with Gasteiger partial charge in [0.05, 0.1) is 17.0 Å². The number of rotatable bonds is 5. The summed E-state index contributed by atoms with van der Waals surface area (Å²) >= 11 is 0. The van der Waals surface area contributed by atoms with Crippen molar-refractivity contribution in [1.29, 1.82) is 0 Å². The van der Waals surface area contributed by atoms with Crippen LogP contribution in [0.25, 0.3) is 0 Å². The van der Waals surface area contributed by atoms with E-state index in [4.69, 9.17) is 5.11 Å². The Hall–Kier alpha value is -1.98. The molecule has 1 N–H and O–H groups in total. The molecule has 0 spiro atoms. The van der Waals surface area contributed by atoms with Gasteiger partial charge >= 0.3 is 5.97 Å². The number of carboxylic acid groups (broad SMARTS) is 1. The fourth-order valence-electron chi connectivity index (χ4n) is 2.94. The first kappa shape index (κ1) is 16.4. The van der Waals surface area contributed by atoms with Crippen LogP contribution in [-0.4, -0.2) is 45.2 Å². The van der Waals surface area contributed by atoms with Crippen LogP contribution in [0.4, 0.5) is 0 Å². The predicted octanol–water partition coefficient (Wildman–Crippen LogP) is 2.06. The summed E-state index contributed by atoms with van der Waals surface area (Å²) in [6, 6.07) is 1.80. The number of carbonyl (C=O) groups excluding carboxylic acids is 1. The van der Waals surface area contributed by atoms with Crippen molar-refractivity contribution in [2.45, 2.75) is 46.0 Å². The van der Waals surface area contributed by atoms with Crippen molar-refractivity contribution in [2.24, 2.45) is 5.92 Å². The van der Waals surface area contributed by atoms with Crippen LogP contribution in [0.5, 0.6) is 0 Å². The topological polar surface area (TPSA) is 83.4 Å². The molecule has 0 aliphatic carbocycles. The van der Waals surface area contributed by atoms with Crippen LogP contribution < -0.4 is 0 Å². The van der Waals surface area contributed by atoms with Crippen molar-refractivity contribution in [3.05, 3.63) is 23.0 Å². The second-order valence-electron chi connectivity index (χ2n) is 5.89. The molecule has 6 heteroatoms. The van der Waals surface area contributed by atoms with Gasteiger partial charge in [-0.3, -0.25) is 9.59 Å². The summed E-state index contributed by atoms with van der Waals surface area (Å²) in [5, 5.41) is 16.9. The number of hydrogen-bond donors (Lipinski definition) is 1. The number of aromatic nitrogens is 2. The standard InChI is InChI=1S/C16H23N3O3/c1-3-14-13(9-11(2)17-18-14)16(22)19-8-4-5-12(10-19)6-7-15(20)21/h9,12H,3-8,10H2,1-2H3,(H,20,21). The number of likely N-dealkylation sites (tertiary alicyclic amines) is 1. The molecule has 2 heterocycles. The van der Waals surface area contributed by atoms with Crippen molar-refractivity contribution in [3.63, 3.8) is 0 Å². The van der Waals surface area contributed by atoms with E-state index in [2.05, 4.69) is 10.2 Å². The monoisotopic (exact) mass is 305 g/mol. The molecule has 1 saturated heterocycles. The Morgan fingerprint density at radius 1 is 1.41 bits per heavy atom. The minimum absolute atomic E-state index is 0.00475. The van der Waals surface area contributed by atoms with Crippen molar-refractivity contribution < 1.29 is 14.7 Å². The van der Waals surface area contributed by atoms with Gasteiger partial charge in [0.1, 0.15) is 0 Å². The lowest BCUT2D eigenvalue weighted by Gasteiger charge is -2.33. The molecule has 6 nitrogen and oxygen atoms in total. The molecular weight excluding hydrogens is 282 g/mol. The van der Waals surface area contributed by atoms with Gasteiger partial charge in [-0.15, -0.1) is 0 Å². The Kier molecular flexibility index (Phi) is 5.46. The first-order valence-electron chi connectivity index (χ1n) is 7.85. The van der Waals surface area contributed by atoms with E-state index in [-0.39, 0.29) is 18.2 Å². The normalized spacial score (nSPS) is 18.3. The Balaban J connectivity index is 2.08. The molecule has 0 radical (unpaired) electrons. The van der Waals surface area contributed by atoms with Crippen molar-refractivity contribution in [1.82, 2.24) is 15.1 Å². The highest BCUT2D eigenvalue weighted by Gasteiger charge is 2.26. The predicted molar refractivity (Wildman–Crippen MR) is 81.6 cm³/mol. The molecule has 0 aromatic carbocycles. The lowest BCUT2D eigenvalue weighted by atomic mass is 9.93.